The second kappa shape index (κ2) is 4.29. The summed E-state index contributed by atoms with van der Waals surface area (Å²) >= 11 is 5.92. The third-order valence-electron chi connectivity index (χ3n) is 2.51. The van der Waals surface area contributed by atoms with Gasteiger partial charge in [0.2, 0.25) is 10.0 Å². The first kappa shape index (κ1) is 12.3. The van der Waals surface area contributed by atoms with Crippen LogP contribution in [0, 0.1) is 0 Å². The summed E-state index contributed by atoms with van der Waals surface area (Å²) in [6.07, 6.45) is 3.25. The summed E-state index contributed by atoms with van der Waals surface area (Å²) < 4.78 is 26.4. The zero-order valence-electron chi connectivity index (χ0n) is 9.46. The summed E-state index contributed by atoms with van der Waals surface area (Å²) in [5, 5.41) is 1.13. The molecule has 0 spiro atoms. The Morgan fingerprint density at radius 1 is 1.41 bits per heavy atom. The summed E-state index contributed by atoms with van der Waals surface area (Å²) in [5.74, 6) is -0.107. The number of hydrogen-bond donors (Lipinski definition) is 0. The van der Waals surface area contributed by atoms with E-state index >= 15 is 0 Å². The topological polar surface area (TPSA) is 55.2 Å². The standard InChI is InChI=1S/C10H12ClN3O2S/c1-13(2)17(15,16)7-14-6-4-8-9(14)3-5-12-10(8)11/h3-6H,7H2,1-2H3. The van der Waals surface area contributed by atoms with Crippen molar-refractivity contribution < 1.29 is 8.42 Å². The molecule has 0 fully saturated rings. The highest BCUT2D eigenvalue weighted by Gasteiger charge is 2.16. The molecule has 0 saturated carbocycles. The minimum absolute atomic E-state index is 0.107. The number of halogens is 1. The van der Waals surface area contributed by atoms with Crippen LogP contribution in [0.5, 0.6) is 0 Å². The predicted molar refractivity (Wildman–Crippen MR) is 67.3 cm³/mol. The molecule has 2 rings (SSSR count). The summed E-state index contributed by atoms with van der Waals surface area (Å²) in [5.41, 5.74) is 0.760. The maximum atomic E-state index is 11.8. The summed E-state index contributed by atoms with van der Waals surface area (Å²) in [6, 6.07) is 3.50. The van der Waals surface area contributed by atoms with Crippen LogP contribution in [-0.4, -0.2) is 36.4 Å². The van der Waals surface area contributed by atoms with Crippen LogP contribution in [0.2, 0.25) is 5.15 Å². The van der Waals surface area contributed by atoms with Crippen molar-refractivity contribution in [1.29, 1.82) is 0 Å². The summed E-state index contributed by atoms with van der Waals surface area (Å²) in [7, 11) is -0.274. The van der Waals surface area contributed by atoms with Crippen molar-refractivity contribution >= 4 is 32.5 Å². The molecule has 17 heavy (non-hydrogen) atoms. The molecule has 2 aromatic rings. The minimum atomic E-state index is -3.29. The number of fused-ring (bicyclic) bond motifs is 1. The second-order valence-corrected chi connectivity index (χ2v) is 6.35. The van der Waals surface area contributed by atoms with Gasteiger partial charge in [-0.05, 0) is 12.1 Å². The van der Waals surface area contributed by atoms with Crippen molar-refractivity contribution in [2.45, 2.75) is 5.88 Å². The van der Waals surface area contributed by atoms with Gasteiger partial charge in [-0.25, -0.2) is 17.7 Å². The third kappa shape index (κ3) is 2.29. The average Bonchev–Trinajstić information content (AvgIpc) is 2.62. The van der Waals surface area contributed by atoms with E-state index < -0.39 is 10.0 Å². The maximum Gasteiger partial charge on any atom is 0.232 e. The molecule has 5 nitrogen and oxygen atoms in total. The van der Waals surface area contributed by atoms with Crippen LogP contribution in [-0.2, 0) is 15.9 Å². The maximum absolute atomic E-state index is 11.8. The number of hydrogen-bond acceptors (Lipinski definition) is 3. The molecule has 0 aliphatic carbocycles. The number of nitrogens with zero attached hydrogens (tertiary/aromatic N) is 3. The van der Waals surface area contributed by atoms with Gasteiger partial charge in [-0.2, -0.15) is 0 Å². The molecule has 0 radical (unpaired) electrons. The van der Waals surface area contributed by atoms with Gasteiger partial charge in [0, 0.05) is 31.9 Å². The molecular weight excluding hydrogens is 262 g/mol. The van der Waals surface area contributed by atoms with Gasteiger partial charge in [0.1, 0.15) is 11.0 Å². The molecule has 0 unspecified atom stereocenters. The lowest BCUT2D eigenvalue weighted by Crippen LogP contribution is -2.26. The van der Waals surface area contributed by atoms with Crippen molar-refractivity contribution in [2.24, 2.45) is 0 Å². The average molecular weight is 274 g/mol. The van der Waals surface area contributed by atoms with Crippen molar-refractivity contribution in [3.63, 3.8) is 0 Å². The largest absolute Gasteiger partial charge is 0.331 e. The van der Waals surface area contributed by atoms with E-state index in [2.05, 4.69) is 4.98 Å². The molecule has 0 amide bonds. The van der Waals surface area contributed by atoms with Gasteiger partial charge in [-0.15, -0.1) is 0 Å². The molecule has 2 aromatic heterocycles. The quantitative estimate of drug-likeness (QED) is 0.797. The Morgan fingerprint density at radius 2 is 2.12 bits per heavy atom. The Hall–Kier alpha value is -1.11. The van der Waals surface area contributed by atoms with Gasteiger partial charge in [-0.3, -0.25) is 0 Å². The van der Waals surface area contributed by atoms with Crippen molar-refractivity contribution in [3.8, 4) is 0 Å². The highest BCUT2D eigenvalue weighted by Crippen LogP contribution is 2.22. The van der Waals surface area contributed by atoms with E-state index in [1.807, 2.05) is 0 Å². The molecule has 0 aliphatic heterocycles. The highest BCUT2D eigenvalue weighted by atomic mass is 35.5. The number of sulfonamides is 1. The molecule has 7 heteroatoms. The van der Waals surface area contributed by atoms with Crippen LogP contribution < -0.4 is 0 Å². The second-order valence-electron chi connectivity index (χ2n) is 3.84. The van der Waals surface area contributed by atoms with Crippen molar-refractivity contribution in [3.05, 3.63) is 29.7 Å². The normalized spacial score (nSPS) is 12.5. The van der Waals surface area contributed by atoms with Crippen LogP contribution in [0.25, 0.3) is 10.9 Å². The Kier molecular flexibility index (Phi) is 3.11. The number of rotatable bonds is 3. The fourth-order valence-electron chi connectivity index (χ4n) is 1.49. The van der Waals surface area contributed by atoms with Gasteiger partial charge < -0.3 is 4.57 Å². The van der Waals surface area contributed by atoms with Crippen molar-refractivity contribution in [1.82, 2.24) is 13.9 Å². The first-order valence-electron chi connectivity index (χ1n) is 4.91. The van der Waals surface area contributed by atoms with E-state index in [4.69, 9.17) is 11.6 Å². The molecule has 0 aromatic carbocycles. The minimum Gasteiger partial charge on any atom is -0.331 e. The molecule has 0 N–H and O–H groups in total. The molecule has 0 atom stereocenters. The van der Waals surface area contributed by atoms with Gasteiger partial charge >= 0.3 is 0 Å². The fourth-order valence-corrected chi connectivity index (χ4v) is 2.52. The van der Waals surface area contributed by atoms with Gasteiger partial charge in [0.25, 0.3) is 0 Å². The highest BCUT2D eigenvalue weighted by molar-refractivity contribution is 7.88. The van der Waals surface area contributed by atoms with Crippen LogP contribution in [0.4, 0.5) is 0 Å². The monoisotopic (exact) mass is 273 g/mol. The zero-order valence-corrected chi connectivity index (χ0v) is 11.0. The SMILES string of the molecule is CN(C)S(=O)(=O)Cn1ccc2c(Cl)nccc21. The fraction of sp³-hybridized carbons (Fsp3) is 0.300. The summed E-state index contributed by atoms with van der Waals surface area (Å²) in [4.78, 5) is 3.94. The van der Waals surface area contributed by atoms with Gasteiger partial charge in [0.05, 0.1) is 5.52 Å². The van der Waals surface area contributed by atoms with Crippen LogP contribution in [0.15, 0.2) is 24.5 Å². The Balaban J connectivity index is 2.48. The molecule has 92 valence electrons. The summed E-state index contributed by atoms with van der Waals surface area (Å²) in [6.45, 7) is 0. The van der Waals surface area contributed by atoms with E-state index in [0.717, 1.165) is 10.9 Å². The van der Waals surface area contributed by atoms with E-state index in [-0.39, 0.29) is 5.88 Å². The molecule has 0 aliphatic rings. The van der Waals surface area contributed by atoms with E-state index in [1.54, 1.807) is 29.1 Å². The van der Waals surface area contributed by atoms with E-state index in [0.29, 0.717) is 5.15 Å². The lowest BCUT2D eigenvalue weighted by atomic mass is 10.3. The number of pyridine rings is 1. The lowest BCUT2D eigenvalue weighted by Gasteiger charge is -2.12. The first-order valence-corrected chi connectivity index (χ1v) is 6.90. The Labute approximate surface area is 105 Å². The van der Waals surface area contributed by atoms with Crippen LogP contribution in [0.3, 0.4) is 0 Å². The number of aromatic nitrogens is 2. The lowest BCUT2D eigenvalue weighted by molar-refractivity contribution is 0.510. The van der Waals surface area contributed by atoms with Crippen LogP contribution >= 0.6 is 11.6 Å². The van der Waals surface area contributed by atoms with Gasteiger partial charge in [0.15, 0.2) is 0 Å². The van der Waals surface area contributed by atoms with Gasteiger partial charge in [-0.1, -0.05) is 11.6 Å². The molecule has 0 saturated heterocycles. The smallest absolute Gasteiger partial charge is 0.232 e. The van der Waals surface area contributed by atoms with E-state index in [9.17, 15) is 8.42 Å². The van der Waals surface area contributed by atoms with Crippen LogP contribution in [0.1, 0.15) is 0 Å². The van der Waals surface area contributed by atoms with Crippen molar-refractivity contribution in [2.75, 3.05) is 14.1 Å². The zero-order chi connectivity index (χ0) is 12.6. The molecule has 0 bridgehead atoms. The molecule has 2 heterocycles. The third-order valence-corrected chi connectivity index (χ3v) is 4.53. The molecular formula is C10H12ClN3O2S. The Bertz CT molecular complexity index is 649. The Morgan fingerprint density at radius 3 is 2.76 bits per heavy atom. The predicted octanol–water partition coefficient (Wildman–Crippen LogP) is 1.54. The van der Waals surface area contributed by atoms with E-state index in [1.165, 1.54) is 18.4 Å². The first-order chi connectivity index (χ1) is 7.92.